The van der Waals surface area contributed by atoms with E-state index < -0.39 is 16.1 Å². The monoisotopic (exact) mass is 565 g/mol. The quantitative estimate of drug-likeness (QED) is 0.419. The highest BCUT2D eigenvalue weighted by Crippen LogP contribution is 2.34. The van der Waals surface area contributed by atoms with Crippen LogP contribution in [0.5, 0.6) is 11.5 Å². The van der Waals surface area contributed by atoms with Gasteiger partial charge < -0.3 is 19.7 Å². The molecule has 0 radical (unpaired) electrons. The van der Waals surface area contributed by atoms with Gasteiger partial charge in [-0.25, -0.2) is 8.42 Å². The second kappa shape index (κ2) is 13.2. The lowest BCUT2D eigenvalue weighted by Crippen LogP contribution is -2.48. The van der Waals surface area contributed by atoms with Gasteiger partial charge in [0.15, 0.2) is 11.5 Å². The van der Waals surface area contributed by atoms with Crippen LogP contribution in [0.25, 0.3) is 0 Å². The number of hydrogen-bond acceptors (Lipinski definition) is 6. The van der Waals surface area contributed by atoms with E-state index >= 15 is 0 Å². The van der Waals surface area contributed by atoms with Crippen LogP contribution < -0.4 is 19.1 Å². The fraction of sp³-hybridized carbons (Fsp3) is 0.481. The Morgan fingerprint density at radius 3 is 2.39 bits per heavy atom. The molecule has 38 heavy (non-hydrogen) atoms. The molecule has 0 saturated heterocycles. The number of hydrogen-bond donors (Lipinski definition) is 1. The van der Waals surface area contributed by atoms with Crippen LogP contribution in [0.2, 0.25) is 5.02 Å². The molecule has 208 valence electrons. The maximum absolute atomic E-state index is 13.4. The molecule has 0 bridgehead atoms. The van der Waals surface area contributed by atoms with E-state index in [2.05, 4.69) is 5.32 Å². The molecule has 0 saturated carbocycles. The van der Waals surface area contributed by atoms with Crippen LogP contribution in [0, 0.1) is 5.92 Å². The van der Waals surface area contributed by atoms with Crippen LogP contribution in [0.15, 0.2) is 42.5 Å². The highest BCUT2D eigenvalue weighted by atomic mass is 35.5. The number of carbonyl (C=O) groups is 2. The van der Waals surface area contributed by atoms with Gasteiger partial charge in [-0.05, 0) is 43.0 Å². The fourth-order valence-electron chi connectivity index (χ4n) is 4.04. The Morgan fingerprint density at radius 1 is 1.05 bits per heavy atom. The number of benzene rings is 2. The lowest BCUT2D eigenvalue weighted by molar-refractivity contribution is -0.140. The van der Waals surface area contributed by atoms with Gasteiger partial charge >= 0.3 is 0 Å². The average Bonchev–Trinajstić information content (AvgIpc) is 2.87. The molecule has 1 aliphatic rings. The molecule has 1 N–H and O–H groups in total. The van der Waals surface area contributed by atoms with Crippen LogP contribution in [-0.4, -0.2) is 63.7 Å². The zero-order valence-corrected chi connectivity index (χ0v) is 23.8. The SMILES string of the molecule is CC(C)CNC(=O)[C@@H](C)N(Cc1ccccc1Cl)C(=O)CCCN(c1ccc2c(c1)OCCO2)S(C)(=O)=O. The van der Waals surface area contributed by atoms with Gasteiger partial charge in [0.1, 0.15) is 19.3 Å². The molecular formula is C27H36ClN3O6S. The van der Waals surface area contributed by atoms with E-state index in [4.69, 9.17) is 21.1 Å². The van der Waals surface area contributed by atoms with Crippen molar-refractivity contribution in [2.75, 3.05) is 36.9 Å². The number of amides is 2. The van der Waals surface area contributed by atoms with Gasteiger partial charge in [-0.1, -0.05) is 43.6 Å². The van der Waals surface area contributed by atoms with Crippen LogP contribution in [0.3, 0.4) is 0 Å². The Balaban J connectivity index is 1.73. The van der Waals surface area contributed by atoms with Crippen molar-refractivity contribution in [1.29, 1.82) is 0 Å². The van der Waals surface area contributed by atoms with E-state index in [0.29, 0.717) is 42.0 Å². The number of nitrogens with zero attached hydrogens (tertiary/aromatic N) is 2. The topological polar surface area (TPSA) is 105 Å². The molecule has 11 heteroatoms. The predicted octanol–water partition coefficient (Wildman–Crippen LogP) is 3.85. The standard InChI is InChI=1S/C27H36ClN3O6S/c1-19(2)17-29-27(33)20(3)30(18-21-8-5-6-9-23(21)28)26(32)10-7-13-31(38(4,34)35)22-11-12-24-25(16-22)37-15-14-36-24/h5-6,8-9,11-12,16,19-20H,7,10,13-15,17-18H2,1-4H3,(H,29,33)/t20-/m1/s1. The van der Waals surface area contributed by atoms with Crippen molar-refractivity contribution in [2.45, 2.75) is 46.2 Å². The summed E-state index contributed by atoms with van der Waals surface area (Å²) < 4.78 is 37.6. The van der Waals surface area contributed by atoms with E-state index in [-0.39, 0.29) is 43.7 Å². The number of anilines is 1. The molecule has 0 unspecified atom stereocenters. The van der Waals surface area contributed by atoms with E-state index in [0.717, 1.165) is 11.8 Å². The summed E-state index contributed by atoms with van der Waals surface area (Å²) in [6.07, 6.45) is 1.42. The predicted molar refractivity (Wildman–Crippen MR) is 148 cm³/mol. The molecule has 0 fully saturated rings. The van der Waals surface area contributed by atoms with E-state index in [1.165, 1.54) is 9.21 Å². The highest BCUT2D eigenvalue weighted by molar-refractivity contribution is 7.92. The van der Waals surface area contributed by atoms with Crippen LogP contribution in [-0.2, 0) is 26.2 Å². The van der Waals surface area contributed by atoms with Crippen molar-refractivity contribution in [3.05, 3.63) is 53.1 Å². The summed E-state index contributed by atoms with van der Waals surface area (Å²) in [7, 11) is -3.63. The first kappa shape index (κ1) is 29.6. The Hall–Kier alpha value is -2.98. The molecule has 9 nitrogen and oxygen atoms in total. The number of nitrogens with one attached hydrogen (secondary N) is 1. The molecule has 1 heterocycles. The second-order valence-electron chi connectivity index (χ2n) is 9.69. The van der Waals surface area contributed by atoms with Crippen molar-refractivity contribution in [2.24, 2.45) is 5.92 Å². The van der Waals surface area contributed by atoms with Gasteiger partial charge in [0, 0.05) is 37.1 Å². The largest absolute Gasteiger partial charge is 0.486 e. The third-order valence-corrected chi connectivity index (χ3v) is 7.68. The van der Waals surface area contributed by atoms with Gasteiger partial charge in [0.25, 0.3) is 0 Å². The van der Waals surface area contributed by atoms with Crippen molar-refractivity contribution in [3.63, 3.8) is 0 Å². The fourth-order valence-corrected chi connectivity index (χ4v) is 5.19. The minimum atomic E-state index is -3.63. The maximum atomic E-state index is 13.4. The molecule has 1 aliphatic heterocycles. The van der Waals surface area contributed by atoms with Crippen molar-refractivity contribution >= 4 is 39.1 Å². The molecule has 0 aromatic heterocycles. The van der Waals surface area contributed by atoms with Gasteiger partial charge in [-0.2, -0.15) is 0 Å². The first-order chi connectivity index (χ1) is 18.0. The van der Waals surface area contributed by atoms with Crippen LogP contribution in [0.1, 0.15) is 39.2 Å². The molecule has 0 aliphatic carbocycles. The van der Waals surface area contributed by atoms with Crippen molar-refractivity contribution in [3.8, 4) is 11.5 Å². The number of rotatable bonds is 12. The molecule has 2 amide bonds. The van der Waals surface area contributed by atoms with E-state index in [1.54, 1.807) is 37.3 Å². The van der Waals surface area contributed by atoms with E-state index in [9.17, 15) is 18.0 Å². The average molecular weight is 566 g/mol. The maximum Gasteiger partial charge on any atom is 0.242 e. The zero-order valence-electron chi connectivity index (χ0n) is 22.3. The summed E-state index contributed by atoms with van der Waals surface area (Å²) in [5, 5.41) is 3.38. The third kappa shape index (κ3) is 8.01. The minimum Gasteiger partial charge on any atom is -0.486 e. The highest BCUT2D eigenvalue weighted by Gasteiger charge is 2.27. The Morgan fingerprint density at radius 2 is 1.74 bits per heavy atom. The zero-order chi connectivity index (χ0) is 27.9. The third-order valence-electron chi connectivity index (χ3n) is 6.12. The summed E-state index contributed by atoms with van der Waals surface area (Å²) in [5.41, 5.74) is 1.15. The molecular weight excluding hydrogens is 530 g/mol. The van der Waals surface area contributed by atoms with E-state index in [1.807, 2.05) is 26.0 Å². The number of halogens is 1. The summed E-state index contributed by atoms with van der Waals surface area (Å²) in [6, 6.07) is 11.4. The molecule has 1 atom stereocenters. The molecule has 2 aromatic rings. The number of ether oxygens (including phenoxy) is 2. The van der Waals surface area contributed by atoms with Crippen LogP contribution in [0.4, 0.5) is 5.69 Å². The minimum absolute atomic E-state index is 0.0445. The second-order valence-corrected chi connectivity index (χ2v) is 12.0. The summed E-state index contributed by atoms with van der Waals surface area (Å²) in [4.78, 5) is 27.7. The lowest BCUT2D eigenvalue weighted by Gasteiger charge is -2.30. The molecule has 3 rings (SSSR count). The number of carbonyl (C=O) groups excluding carboxylic acids is 2. The number of sulfonamides is 1. The Bertz CT molecular complexity index is 1240. The Labute approximate surface area is 230 Å². The van der Waals surface area contributed by atoms with Gasteiger partial charge in [-0.3, -0.25) is 13.9 Å². The Kier molecular flexibility index (Phi) is 10.3. The summed E-state index contributed by atoms with van der Waals surface area (Å²) in [6.45, 7) is 7.22. The smallest absolute Gasteiger partial charge is 0.242 e. The van der Waals surface area contributed by atoms with Gasteiger partial charge in [0.05, 0.1) is 11.9 Å². The van der Waals surface area contributed by atoms with Gasteiger partial charge in [-0.15, -0.1) is 0 Å². The first-order valence-corrected chi connectivity index (χ1v) is 14.9. The van der Waals surface area contributed by atoms with Crippen molar-refractivity contribution < 1.29 is 27.5 Å². The molecule has 0 spiro atoms. The summed E-state index contributed by atoms with van der Waals surface area (Å²) in [5.74, 6) is 0.775. The summed E-state index contributed by atoms with van der Waals surface area (Å²) >= 11 is 6.34. The number of fused-ring (bicyclic) bond motifs is 1. The lowest BCUT2D eigenvalue weighted by atomic mass is 10.1. The van der Waals surface area contributed by atoms with Crippen LogP contribution >= 0.6 is 11.6 Å². The molecule has 2 aromatic carbocycles. The first-order valence-electron chi connectivity index (χ1n) is 12.6. The van der Waals surface area contributed by atoms with Crippen molar-refractivity contribution in [1.82, 2.24) is 10.2 Å². The normalized spacial score (nSPS) is 13.6. The van der Waals surface area contributed by atoms with Gasteiger partial charge in [0.2, 0.25) is 21.8 Å².